The van der Waals surface area contributed by atoms with E-state index in [1.165, 1.54) is 32.2 Å². The van der Waals surface area contributed by atoms with Gasteiger partial charge in [0.15, 0.2) is 0 Å². The first-order valence-electron chi connectivity index (χ1n) is 9.07. The predicted octanol–water partition coefficient (Wildman–Crippen LogP) is 2.00. The molecule has 2 aromatic rings. The zero-order valence-corrected chi connectivity index (χ0v) is 17.7. The molecular weight excluding hydrogens is 413 g/mol. The van der Waals surface area contributed by atoms with Crippen LogP contribution in [0.1, 0.15) is 17.3 Å². The first kappa shape index (κ1) is 23.3. The van der Waals surface area contributed by atoms with E-state index in [1.54, 1.807) is 18.2 Å². The van der Waals surface area contributed by atoms with E-state index in [0.29, 0.717) is 13.2 Å². The molecule has 0 aliphatic heterocycles. The van der Waals surface area contributed by atoms with Crippen LogP contribution in [0.25, 0.3) is 0 Å². The number of carbonyl (C=O) groups excluding carboxylic acids is 2. The quantitative estimate of drug-likeness (QED) is 0.584. The van der Waals surface area contributed by atoms with Gasteiger partial charge in [0.25, 0.3) is 5.91 Å². The lowest BCUT2D eigenvalue weighted by atomic mass is 10.1. The van der Waals surface area contributed by atoms with E-state index in [2.05, 4.69) is 10.6 Å². The van der Waals surface area contributed by atoms with Crippen molar-refractivity contribution in [2.45, 2.75) is 13.0 Å². The smallest absolute Gasteiger partial charge is 0.253 e. The average Bonchev–Trinajstić information content (AvgIpc) is 2.69. The number of nitrogens with zero attached hydrogens (tertiary/aromatic N) is 1. The monoisotopic (exact) mass is 437 g/mol. The summed E-state index contributed by atoms with van der Waals surface area (Å²) >= 11 is 0. The highest BCUT2D eigenvalue weighted by molar-refractivity contribution is 7.92. The van der Waals surface area contributed by atoms with Gasteiger partial charge in [0.2, 0.25) is 15.9 Å². The maximum atomic E-state index is 13.2. The summed E-state index contributed by atoms with van der Waals surface area (Å²) in [6.45, 7) is 2.03. The number of rotatable bonds is 9. The van der Waals surface area contributed by atoms with Crippen molar-refractivity contribution in [1.29, 1.82) is 0 Å². The number of para-hydroxylation sites is 1. The summed E-state index contributed by atoms with van der Waals surface area (Å²) < 4.78 is 43.6. The molecule has 2 amide bonds. The third-order valence-corrected chi connectivity index (χ3v) is 5.43. The zero-order chi connectivity index (χ0) is 22.3. The Labute approximate surface area is 175 Å². The number of amides is 2. The van der Waals surface area contributed by atoms with E-state index in [9.17, 15) is 22.4 Å². The summed E-state index contributed by atoms with van der Waals surface area (Å²) in [5, 5.41) is 5.27. The number of ether oxygens (including phenoxy) is 1. The molecule has 0 bridgehead atoms. The molecule has 10 heteroatoms. The molecule has 0 aliphatic carbocycles. The number of carbonyl (C=O) groups is 2. The van der Waals surface area contributed by atoms with Crippen molar-refractivity contribution in [1.82, 2.24) is 5.32 Å². The fraction of sp³-hybridized carbons (Fsp3) is 0.300. The highest BCUT2D eigenvalue weighted by Gasteiger charge is 2.29. The van der Waals surface area contributed by atoms with E-state index < -0.39 is 33.7 Å². The molecular formula is C20H24FN3O5S. The lowest BCUT2D eigenvalue weighted by Gasteiger charge is -2.28. The third-order valence-electron chi connectivity index (χ3n) is 4.19. The molecule has 0 spiro atoms. The molecule has 2 rings (SSSR count). The Hall–Kier alpha value is -2.98. The van der Waals surface area contributed by atoms with Crippen LogP contribution in [-0.2, 0) is 19.6 Å². The molecule has 0 saturated carbocycles. The number of methoxy groups -OCH3 is 1. The minimum Gasteiger partial charge on any atom is -0.383 e. The summed E-state index contributed by atoms with van der Waals surface area (Å²) in [6, 6.07) is 9.97. The number of nitrogens with one attached hydrogen (secondary N) is 2. The Kier molecular flexibility index (Phi) is 7.90. The van der Waals surface area contributed by atoms with Crippen molar-refractivity contribution in [3.05, 3.63) is 59.9 Å². The standard InChI is InChI=1S/C20H24FN3O5S/c1-14(24(30(3,27)28)16-10-8-15(21)9-11-16)19(25)23-18-7-5-4-6-17(18)20(26)22-12-13-29-2/h4-11,14H,12-13H2,1-3H3,(H,22,26)(H,23,25). The summed E-state index contributed by atoms with van der Waals surface area (Å²) in [5.74, 6) is -1.59. The Morgan fingerprint density at radius 1 is 1.13 bits per heavy atom. The van der Waals surface area contributed by atoms with Crippen molar-refractivity contribution >= 4 is 33.2 Å². The van der Waals surface area contributed by atoms with Gasteiger partial charge in [-0.3, -0.25) is 13.9 Å². The van der Waals surface area contributed by atoms with Crippen LogP contribution < -0.4 is 14.9 Å². The van der Waals surface area contributed by atoms with Gasteiger partial charge in [0, 0.05) is 13.7 Å². The maximum absolute atomic E-state index is 13.2. The highest BCUT2D eigenvalue weighted by atomic mass is 32.2. The fourth-order valence-electron chi connectivity index (χ4n) is 2.79. The number of hydrogen-bond acceptors (Lipinski definition) is 5. The van der Waals surface area contributed by atoms with Crippen LogP contribution in [0.4, 0.5) is 15.8 Å². The molecule has 0 heterocycles. The first-order chi connectivity index (χ1) is 14.1. The van der Waals surface area contributed by atoms with E-state index >= 15 is 0 Å². The largest absolute Gasteiger partial charge is 0.383 e. The second kappa shape index (κ2) is 10.2. The minimum atomic E-state index is -3.85. The summed E-state index contributed by atoms with van der Waals surface area (Å²) in [5.41, 5.74) is 0.603. The van der Waals surface area contributed by atoms with Gasteiger partial charge in [-0.2, -0.15) is 0 Å². The van der Waals surface area contributed by atoms with Crippen LogP contribution >= 0.6 is 0 Å². The summed E-state index contributed by atoms with van der Waals surface area (Å²) in [7, 11) is -2.34. The Bertz CT molecular complexity index is 996. The van der Waals surface area contributed by atoms with Crippen molar-refractivity contribution in [3.63, 3.8) is 0 Å². The highest BCUT2D eigenvalue weighted by Crippen LogP contribution is 2.23. The second-order valence-electron chi connectivity index (χ2n) is 6.49. The van der Waals surface area contributed by atoms with Gasteiger partial charge >= 0.3 is 0 Å². The third kappa shape index (κ3) is 6.01. The zero-order valence-electron chi connectivity index (χ0n) is 16.9. The lowest BCUT2D eigenvalue weighted by molar-refractivity contribution is -0.116. The van der Waals surface area contributed by atoms with Crippen molar-refractivity contribution < 1.29 is 27.1 Å². The molecule has 0 saturated heterocycles. The average molecular weight is 437 g/mol. The topological polar surface area (TPSA) is 105 Å². The van der Waals surface area contributed by atoms with Crippen molar-refractivity contribution in [2.75, 3.05) is 36.1 Å². The molecule has 0 fully saturated rings. The molecule has 0 radical (unpaired) electrons. The molecule has 1 unspecified atom stereocenters. The van der Waals surface area contributed by atoms with E-state index in [-0.39, 0.29) is 16.9 Å². The Morgan fingerprint density at radius 2 is 1.77 bits per heavy atom. The summed E-state index contributed by atoms with van der Waals surface area (Å²) in [4.78, 5) is 25.2. The number of sulfonamides is 1. The van der Waals surface area contributed by atoms with Crippen LogP contribution in [0.2, 0.25) is 0 Å². The van der Waals surface area contributed by atoms with Gasteiger partial charge < -0.3 is 15.4 Å². The SMILES string of the molecule is COCCNC(=O)c1ccccc1NC(=O)C(C)N(c1ccc(F)cc1)S(C)(=O)=O. The van der Waals surface area contributed by atoms with Crippen LogP contribution in [-0.4, -0.2) is 52.8 Å². The van der Waals surface area contributed by atoms with Crippen LogP contribution in [0.5, 0.6) is 0 Å². The molecule has 8 nitrogen and oxygen atoms in total. The van der Waals surface area contributed by atoms with E-state index in [0.717, 1.165) is 22.7 Å². The number of halogens is 1. The molecule has 0 aliphatic rings. The minimum absolute atomic E-state index is 0.146. The van der Waals surface area contributed by atoms with Gasteiger partial charge in [-0.1, -0.05) is 12.1 Å². The molecule has 162 valence electrons. The Balaban J connectivity index is 2.25. The number of benzene rings is 2. The van der Waals surface area contributed by atoms with E-state index in [4.69, 9.17) is 4.74 Å². The van der Waals surface area contributed by atoms with Crippen LogP contribution in [0, 0.1) is 5.82 Å². The van der Waals surface area contributed by atoms with E-state index in [1.807, 2.05) is 0 Å². The molecule has 1 atom stereocenters. The van der Waals surface area contributed by atoms with Gasteiger partial charge in [-0.25, -0.2) is 12.8 Å². The summed E-state index contributed by atoms with van der Waals surface area (Å²) in [6.07, 6.45) is 0.956. The first-order valence-corrected chi connectivity index (χ1v) is 10.9. The van der Waals surface area contributed by atoms with Crippen molar-refractivity contribution in [3.8, 4) is 0 Å². The molecule has 30 heavy (non-hydrogen) atoms. The predicted molar refractivity (Wildman–Crippen MR) is 112 cm³/mol. The number of hydrogen-bond donors (Lipinski definition) is 2. The van der Waals surface area contributed by atoms with Crippen LogP contribution in [0.15, 0.2) is 48.5 Å². The van der Waals surface area contributed by atoms with Gasteiger partial charge in [-0.05, 0) is 43.3 Å². The second-order valence-corrected chi connectivity index (χ2v) is 8.35. The fourth-order valence-corrected chi connectivity index (χ4v) is 3.96. The molecule has 2 aromatic carbocycles. The van der Waals surface area contributed by atoms with Gasteiger partial charge in [-0.15, -0.1) is 0 Å². The van der Waals surface area contributed by atoms with Gasteiger partial charge in [0.05, 0.1) is 29.8 Å². The van der Waals surface area contributed by atoms with Crippen molar-refractivity contribution in [2.24, 2.45) is 0 Å². The normalized spacial score (nSPS) is 12.1. The van der Waals surface area contributed by atoms with Gasteiger partial charge in [0.1, 0.15) is 11.9 Å². The number of anilines is 2. The molecule has 0 aromatic heterocycles. The maximum Gasteiger partial charge on any atom is 0.253 e. The lowest BCUT2D eigenvalue weighted by Crippen LogP contribution is -2.45. The van der Waals surface area contributed by atoms with Crippen LogP contribution in [0.3, 0.4) is 0 Å². The Morgan fingerprint density at radius 3 is 2.37 bits per heavy atom. The molecule has 2 N–H and O–H groups in total.